The van der Waals surface area contributed by atoms with Crippen LogP contribution in [-0.4, -0.2) is 12.1 Å². The van der Waals surface area contributed by atoms with E-state index in [0.717, 1.165) is 11.1 Å². The number of rotatable bonds is 1. The molecule has 1 aromatic heterocycles. The van der Waals surface area contributed by atoms with E-state index in [0.29, 0.717) is 11.3 Å². The van der Waals surface area contributed by atoms with Crippen LogP contribution in [0.15, 0.2) is 18.2 Å². The monoisotopic (exact) mass is 209 g/mol. The lowest BCUT2D eigenvalue weighted by Gasteiger charge is -2.00. The highest BCUT2D eigenvalue weighted by Crippen LogP contribution is 2.27. The zero-order chi connectivity index (χ0) is 11.4. The molecule has 0 aliphatic rings. The third kappa shape index (κ3) is 2.12. The van der Waals surface area contributed by atoms with Crippen LogP contribution in [-0.2, 0) is 0 Å². The van der Waals surface area contributed by atoms with Gasteiger partial charge in [0, 0.05) is 11.1 Å². The van der Waals surface area contributed by atoms with Gasteiger partial charge in [-0.2, -0.15) is 0 Å². The molecule has 0 saturated carbocycles. The van der Waals surface area contributed by atoms with Gasteiger partial charge in [0.25, 0.3) is 0 Å². The summed E-state index contributed by atoms with van der Waals surface area (Å²) in [6.45, 7) is 5.89. The van der Waals surface area contributed by atoms with E-state index in [2.05, 4.69) is 4.98 Å². The van der Waals surface area contributed by atoms with Crippen molar-refractivity contribution in [2.24, 2.45) is 0 Å². The van der Waals surface area contributed by atoms with E-state index in [-0.39, 0.29) is 5.82 Å². The molecule has 0 unspecified atom stereocenters. The zero-order valence-corrected chi connectivity index (χ0v) is 9.52. The highest BCUT2D eigenvalue weighted by atomic mass is 19.1. The summed E-state index contributed by atoms with van der Waals surface area (Å²) in [7, 11) is 1.58. The summed E-state index contributed by atoms with van der Waals surface area (Å²) in [6, 6.07) is 4.90. The maximum absolute atomic E-state index is 13.2. The van der Waals surface area contributed by atoms with E-state index in [9.17, 15) is 4.39 Å². The van der Waals surface area contributed by atoms with Gasteiger partial charge in [-0.15, -0.1) is 0 Å². The van der Waals surface area contributed by atoms with Gasteiger partial charge in [-0.3, -0.25) is 0 Å². The number of halogens is 1. The fraction of sp³-hybridized carbons (Fsp3) is 0.333. The van der Waals surface area contributed by atoms with Crippen LogP contribution >= 0.6 is 0 Å². The second kappa shape index (κ2) is 4.82. The molecule has 82 valence electrons. The molecule has 2 aromatic rings. The second-order valence-electron chi connectivity index (χ2n) is 2.99. The number of methoxy groups -OCH3 is 1. The summed E-state index contributed by atoms with van der Waals surface area (Å²) in [4.78, 5) is 2.95. The van der Waals surface area contributed by atoms with E-state index < -0.39 is 0 Å². The summed E-state index contributed by atoms with van der Waals surface area (Å²) >= 11 is 0. The minimum absolute atomic E-state index is 0.246. The van der Waals surface area contributed by atoms with Crippen molar-refractivity contribution in [1.82, 2.24) is 4.98 Å². The lowest BCUT2D eigenvalue weighted by Crippen LogP contribution is -1.85. The molecule has 0 aliphatic carbocycles. The van der Waals surface area contributed by atoms with Gasteiger partial charge in [-0.05, 0) is 25.1 Å². The van der Waals surface area contributed by atoms with Crippen LogP contribution in [0.5, 0.6) is 5.75 Å². The Bertz CT molecular complexity index is 448. The number of hydrogen-bond donors (Lipinski definition) is 1. The molecule has 0 radical (unpaired) electrons. The van der Waals surface area contributed by atoms with Crippen molar-refractivity contribution < 1.29 is 9.13 Å². The molecule has 1 heterocycles. The van der Waals surface area contributed by atoms with Crippen LogP contribution < -0.4 is 4.74 Å². The van der Waals surface area contributed by atoms with Crippen molar-refractivity contribution in [3.8, 4) is 5.75 Å². The fourth-order valence-electron chi connectivity index (χ4n) is 1.47. The van der Waals surface area contributed by atoms with Crippen LogP contribution in [0.4, 0.5) is 4.39 Å². The Balaban J connectivity index is 0.000000531. The number of ether oxygens (including phenoxy) is 1. The molecule has 0 amide bonds. The highest BCUT2D eigenvalue weighted by molar-refractivity contribution is 5.87. The SMILES string of the molecule is CC.COc1ccc(F)c2[nH]c(C)cc12. The van der Waals surface area contributed by atoms with E-state index in [1.165, 1.54) is 6.07 Å². The lowest BCUT2D eigenvalue weighted by molar-refractivity contribution is 0.419. The molecule has 1 N–H and O–H groups in total. The average Bonchev–Trinajstić information content (AvgIpc) is 2.64. The number of hydrogen-bond acceptors (Lipinski definition) is 1. The number of H-pyrrole nitrogens is 1. The second-order valence-corrected chi connectivity index (χ2v) is 2.99. The zero-order valence-electron chi connectivity index (χ0n) is 9.52. The number of aromatic nitrogens is 1. The molecule has 3 heteroatoms. The topological polar surface area (TPSA) is 25.0 Å². The standard InChI is InChI=1S/C10H10FNO.C2H6/c1-6-5-7-9(13-2)4-3-8(11)10(7)12-6;1-2/h3-5,12H,1-2H3;1-2H3. The van der Waals surface area contributed by atoms with Gasteiger partial charge < -0.3 is 9.72 Å². The Labute approximate surface area is 89.1 Å². The van der Waals surface area contributed by atoms with Crippen molar-refractivity contribution in [1.29, 1.82) is 0 Å². The van der Waals surface area contributed by atoms with Crippen LogP contribution in [0, 0.1) is 12.7 Å². The number of nitrogens with one attached hydrogen (secondary N) is 1. The fourth-order valence-corrected chi connectivity index (χ4v) is 1.47. The smallest absolute Gasteiger partial charge is 0.147 e. The molecular formula is C12H16FNO. The first-order chi connectivity index (χ1) is 7.22. The van der Waals surface area contributed by atoms with Gasteiger partial charge in [0.15, 0.2) is 0 Å². The Morgan fingerprint density at radius 2 is 1.93 bits per heavy atom. The normalized spacial score (nSPS) is 9.67. The Morgan fingerprint density at radius 3 is 2.53 bits per heavy atom. The number of aromatic amines is 1. The first-order valence-corrected chi connectivity index (χ1v) is 5.04. The van der Waals surface area contributed by atoms with Crippen molar-refractivity contribution >= 4 is 10.9 Å². The summed E-state index contributed by atoms with van der Waals surface area (Å²) in [5, 5.41) is 0.792. The number of benzene rings is 1. The number of aryl methyl sites for hydroxylation is 1. The van der Waals surface area contributed by atoms with Gasteiger partial charge in [0.1, 0.15) is 11.6 Å². The van der Waals surface area contributed by atoms with Gasteiger partial charge in [0.2, 0.25) is 0 Å². The molecule has 2 nitrogen and oxygen atoms in total. The Hall–Kier alpha value is -1.51. The first-order valence-electron chi connectivity index (χ1n) is 5.04. The largest absolute Gasteiger partial charge is 0.496 e. The summed E-state index contributed by atoms with van der Waals surface area (Å²) < 4.78 is 18.3. The van der Waals surface area contributed by atoms with E-state index in [1.54, 1.807) is 13.2 Å². The summed E-state index contributed by atoms with van der Waals surface area (Å²) in [5.74, 6) is 0.449. The van der Waals surface area contributed by atoms with Crippen molar-refractivity contribution in [3.63, 3.8) is 0 Å². The molecule has 0 aliphatic heterocycles. The Kier molecular flexibility index (Phi) is 3.72. The predicted octanol–water partition coefficient (Wildman–Crippen LogP) is 3.65. The van der Waals surface area contributed by atoms with Crippen LogP contribution in [0.3, 0.4) is 0 Å². The maximum Gasteiger partial charge on any atom is 0.147 e. The molecular weight excluding hydrogens is 193 g/mol. The third-order valence-electron chi connectivity index (χ3n) is 2.06. The summed E-state index contributed by atoms with van der Waals surface area (Å²) in [6.07, 6.45) is 0. The molecule has 0 atom stereocenters. The van der Waals surface area contributed by atoms with E-state index >= 15 is 0 Å². The molecule has 0 fully saturated rings. The van der Waals surface area contributed by atoms with Crippen molar-refractivity contribution in [2.75, 3.05) is 7.11 Å². The average molecular weight is 209 g/mol. The first kappa shape index (κ1) is 11.6. The molecule has 0 bridgehead atoms. The van der Waals surface area contributed by atoms with E-state index in [4.69, 9.17) is 4.74 Å². The lowest BCUT2D eigenvalue weighted by atomic mass is 10.2. The number of fused-ring (bicyclic) bond motifs is 1. The molecule has 0 spiro atoms. The molecule has 0 saturated heterocycles. The van der Waals surface area contributed by atoms with Gasteiger partial charge in [0.05, 0.1) is 12.6 Å². The van der Waals surface area contributed by atoms with Crippen LogP contribution in [0.25, 0.3) is 10.9 Å². The van der Waals surface area contributed by atoms with Crippen molar-refractivity contribution in [2.45, 2.75) is 20.8 Å². The predicted molar refractivity (Wildman–Crippen MR) is 60.9 cm³/mol. The molecule has 2 rings (SSSR count). The van der Waals surface area contributed by atoms with Crippen LogP contribution in [0.1, 0.15) is 19.5 Å². The quantitative estimate of drug-likeness (QED) is 0.761. The third-order valence-corrected chi connectivity index (χ3v) is 2.06. The highest BCUT2D eigenvalue weighted by Gasteiger charge is 2.07. The summed E-state index contributed by atoms with van der Waals surface area (Å²) in [5.41, 5.74) is 1.44. The van der Waals surface area contributed by atoms with Gasteiger partial charge >= 0.3 is 0 Å². The van der Waals surface area contributed by atoms with Gasteiger partial charge in [-0.1, -0.05) is 13.8 Å². The van der Waals surface area contributed by atoms with Crippen LogP contribution in [0.2, 0.25) is 0 Å². The molecule has 15 heavy (non-hydrogen) atoms. The van der Waals surface area contributed by atoms with Gasteiger partial charge in [-0.25, -0.2) is 4.39 Å². The van der Waals surface area contributed by atoms with E-state index in [1.807, 2.05) is 26.8 Å². The Morgan fingerprint density at radius 1 is 1.27 bits per heavy atom. The maximum atomic E-state index is 13.2. The molecule has 1 aromatic carbocycles. The van der Waals surface area contributed by atoms with Crippen molar-refractivity contribution in [3.05, 3.63) is 29.7 Å². The minimum atomic E-state index is -0.246. The minimum Gasteiger partial charge on any atom is -0.496 e.